The molecule has 0 unspecified atom stereocenters. The van der Waals surface area contributed by atoms with E-state index in [1.165, 1.54) is 31.3 Å². The van der Waals surface area contributed by atoms with Crippen LogP contribution in [0.1, 0.15) is 0 Å². The number of para-hydroxylation sites is 1. The Kier molecular flexibility index (Phi) is 7.64. The van der Waals surface area contributed by atoms with Crippen molar-refractivity contribution in [2.45, 2.75) is 0 Å². The van der Waals surface area contributed by atoms with Crippen LogP contribution in [0.2, 0.25) is 0 Å². The van der Waals surface area contributed by atoms with E-state index in [0.717, 1.165) is 60.9 Å². The highest BCUT2D eigenvalue weighted by Gasteiger charge is 2.21. The molecule has 0 aliphatic rings. The molecule has 0 radical (unpaired) electrons. The monoisotopic (exact) mass is 733 g/mol. The highest BCUT2D eigenvalue weighted by atomic mass is 32.1. The van der Waals surface area contributed by atoms with Crippen LogP contribution in [0.25, 0.3) is 110 Å². The van der Waals surface area contributed by atoms with Gasteiger partial charge in [-0.1, -0.05) is 158 Å². The molecule has 262 valence electrons. The van der Waals surface area contributed by atoms with E-state index in [1.807, 2.05) is 59.9 Å². The maximum atomic E-state index is 6.63. The van der Waals surface area contributed by atoms with Crippen LogP contribution in [-0.4, -0.2) is 15.0 Å². The van der Waals surface area contributed by atoms with Crippen LogP contribution in [0.5, 0.6) is 0 Å². The Labute approximate surface area is 327 Å². The minimum atomic E-state index is 0.584. The van der Waals surface area contributed by atoms with Crippen molar-refractivity contribution in [3.63, 3.8) is 0 Å². The average molecular weight is 734 g/mol. The van der Waals surface area contributed by atoms with Crippen LogP contribution in [-0.2, 0) is 0 Å². The molecule has 8 aromatic carbocycles. The Morgan fingerprint density at radius 1 is 0.339 bits per heavy atom. The largest absolute Gasteiger partial charge is 0.456 e. The fourth-order valence-corrected chi connectivity index (χ4v) is 9.02. The van der Waals surface area contributed by atoms with Gasteiger partial charge in [0.25, 0.3) is 0 Å². The van der Waals surface area contributed by atoms with Gasteiger partial charge in [0.2, 0.25) is 0 Å². The van der Waals surface area contributed by atoms with Crippen molar-refractivity contribution in [2.75, 3.05) is 0 Å². The molecule has 0 aliphatic carbocycles. The van der Waals surface area contributed by atoms with E-state index in [0.29, 0.717) is 17.5 Å². The Bertz CT molecular complexity index is 3230. The first-order valence-electron chi connectivity index (χ1n) is 18.7. The number of fused-ring (bicyclic) bond motifs is 6. The van der Waals surface area contributed by atoms with Crippen LogP contribution in [0, 0.1) is 0 Å². The smallest absolute Gasteiger partial charge is 0.164 e. The molecule has 0 fully saturated rings. The molecular weight excluding hydrogens is 703 g/mol. The Morgan fingerprint density at radius 2 is 0.875 bits per heavy atom. The van der Waals surface area contributed by atoms with Gasteiger partial charge in [-0.25, -0.2) is 15.0 Å². The zero-order valence-corrected chi connectivity index (χ0v) is 30.9. The van der Waals surface area contributed by atoms with Gasteiger partial charge < -0.3 is 4.42 Å². The minimum Gasteiger partial charge on any atom is -0.456 e. The van der Waals surface area contributed by atoms with E-state index in [2.05, 4.69) is 140 Å². The highest BCUT2D eigenvalue weighted by Crippen LogP contribution is 2.46. The Morgan fingerprint density at radius 3 is 1.59 bits per heavy atom. The summed E-state index contributed by atoms with van der Waals surface area (Å²) in [5.74, 6) is 1.81. The lowest BCUT2D eigenvalue weighted by molar-refractivity contribution is 0.669. The second-order valence-corrected chi connectivity index (χ2v) is 15.0. The van der Waals surface area contributed by atoms with Gasteiger partial charge in [-0.3, -0.25) is 0 Å². The molecule has 0 aliphatic heterocycles. The predicted octanol–water partition coefficient (Wildman–Crippen LogP) is 14.1. The number of aromatic nitrogens is 3. The summed E-state index contributed by atoms with van der Waals surface area (Å²) in [7, 11) is 0. The zero-order chi connectivity index (χ0) is 37.0. The number of benzene rings is 8. The van der Waals surface area contributed by atoms with Crippen LogP contribution < -0.4 is 0 Å². The lowest BCUT2D eigenvalue weighted by Crippen LogP contribution is -2.00. The zero-order valence-electron chi connectivity index (χ0n) is 30.1. The Hall–Kier alpha value is -7.21. The summed E-state index contributed by atoms with van der Waals surface area (Å²) in [6.07, 6.45) is 0. The summed E-state index contributed by atoms with van der Waals surface area (Å²) < 4.78 is 9.12. The maximum absolute atomic E-state index is 6.63. The fourth-order valence-electron chi connectivity index (χ4n) is 7.81. The Balaban J connectivity index is 1.12. The van der Waals surface area contributed by atoms with E-state index in [1.54, 1.807) is 0 Å². The lowest BCUT2D eigenvalue weighted by Gasteiger charge is -2.12. The summed E-state index contributed by atoms with van der Waals surface area (Å²) in [6.45, 7) is 0. The number of hydrogen-bond donors (Lipinski definition) is 0. The first-order chi connectivity index (χ1) is 27.7. The third-order valence-corrected chi connectivity index (χ3v) is 11.8. The molecule has 0 spiro atoms. The summed E-state index contributed by atoms with van der Waals surface area (Å²) >= 11 is 1.83. The van der Waals surface area contributed by atoms with E-state index >= 15 is 0 Å². The predicted molar refractivity (Wildman–Crippen MR) is 233 cm³/mol. The molecule has 0 atom stereocenters. The van der Waals surface area contributed by atoms with Gasteiger partial charge in [-0.15, -0.1) is 11.3 Å². The van der Waals surface area contributed by atoms with Crippen molar-refractivity contribution in [2.24, 2.45) is 0 Å². The summed E-state index contributed by atoms with van der Waals surface area (Å²) in [5, 5.41) is 4.65. The van der Waals surface area contributed by atoms with Crippen LogP contribution in [0.3, 0.4) is 0 Å². The van der Waals surface area contributed by atoms with Crippen molar-refractivity contribution < 1.29 is 4.42 Å². The van der Waals surface area contributed by atoms with Crippen molar-refractivity contribution >= 4 is 53.4 Å². The van der Waals surface area contributed by atoms with Crippen LogP contribution in [0.15, 0.2) is 192 Å². The maximum Gasteiger partial charge on any atom is 0.164 e. The molecular formula is C51H31N3OS. The average Bonchev–Trinajstić information content (AvgIpc) is 3.85. The van der Waals surface area contributed by atoms with Gasteiger partial charge in [0.1, 0.15) is 11.2 Å². The van der Waals surface area contributed by atoms with Gasteiger partial charge in [0.15, 0.2) is 17.5 Å². The van der Waals surface area contributed by atoms with Gasteiger partial charge in [-0.2, -0.15) is 0 Å². The van der Waals surface area contributed by atoms with Crippen LogP contribution in [0.4, 0.5) is 0 Å². The quantitative estimate of drug-likeness (QED) is 0.171. The minimum absolute atomic E-state index is 0.584. The third kappa shape index (κ3) is 5.56. The SMILES string of the molecule is c1ccc(-c2ccc(-c3nc(-c4ccccc4)nc(-c4cc(-c5cccc6c5sc5ccc(-c7ccccc7)cc56)c5c(c4)oc4ccccc45)n3)cc2)cc1. The van der Waals surface area contributed by atoms with Crippen molar-refractivity contribution in [1.82, 2.24) is 15.0 Å². The van der Waals surface area contributed by atoms with Crippen molar-refractivity contribution in [1.29, 1.82) is 0 Å². The first kappa shape index (κ1) is 32.2. The van der Waals surface area contributed by atoms with Gasteiger partial charge in [0, 0.05) is 53.2 Å². The summed E-state index contributed by atoms with van der Waals surface area (Å²) in [6, 6.07) is 65.6. The highest BCUT2D eigenvalue weighted by molar-refractivity contribution is 7.26. The van der Waals surface area contributed by atoms with Crippen molar-refractivity contribution in [3.8, 4) is 67.5 Å². The molecule has 0 saturated heterocycles. The second kappa shape index (κ2) is 13.3. The molecule has 0 amide bonds. The molecule has 4 nitrogen and oxygen atoms in total. The number of nitrogens with zero attached hydrogens (tertiary/aromatic N) is 3. The number of thiophene rings is 1. The molecule has 11 rings (SSSR count). The molecule has 3 heterocycles. The molecule has 0 bridgehead atoms. The topological polar surface area (TPSA) is 51.8 Å². The molecule has 11 aromatic rings. The van der Waals surface area contributed by atoms with E-state index in [-0.39, 0.29) is 0 Å². The van der Waals surface area contributed by atoms with E-state index in [4.69, 9.17) is 19.4 Å². The number of rotatable bonds is 6. The van der Waals surface area contributed by atoms with Gasteiger partial charge in [0.05, 0.1) is 0 Å². The third-order valence-electron chi connectivity index (χ3n) is 10.5. The number of furan rings is 1. The molecule has 3 aromatic heterocycles. The standard InChI is InChI=1S/C51H31N3OS/c1-4-13-32(14-5-1)34-23-25-36(26-24-34)50-52-49(35-17-8-3-9-18-35)53-51(54-50)38-30-43(47-41-19-10-11-22-44(41)55-45(47)31-38)40-21-12-20-39-42-29-37(33-15-6-2-7-16-33)27-28-46(42)56-48(39)40/h1-31H. The van der Waals surface area contributed by atoms with Crippen molar-refractivity contribution in [3.05, 3.63) is 188 Å². The summed E-state index contributed by atoms with van der Waals surface area (Å²) in [5.41, 5.74) is 11.3. The first-order valence-corrected chi connectivity index (χ1v) is 19.5. The molecule has 5 heteroatoms. The van der Waals surface area contributed by atoms with E-state index < -0.39 is 0 Å². The lowest BCUT2D eigenvalue weighted by atomic mass is 9.95. The number of hydrogen-bond acceptors (Lipinski definition) is 5. The molecule has 56 heavy (non-hydrogen) atoms. The van der Waals surface area contributed by atoms with Crippen LogP contribution >= 0.6 is 11.3 Å². The molecule has 0 saturated carbocycles. The van der Waals surface area contributed by atoms with Gasteiger partial charge in [-0.05, 0) is 58.1 Å². The van der Waals surface area contributed by atoms with E-state index in [9.17, 15) is 0 Å². The second-order valence-electron chi connectivity index (χ2n) is 14.0. The normalized spacial score (nSPS) is 11.6. The molecule has 0 N–H and O–H groups in total. The van der Waals surface area contributed by atoms with Gasteiger partial charge >= 0.3 is 0 Å². The summed E-state index contributed by atoms with van der Waals surface area (Å²) in [4.78, 5) is 15.3. The fraction of sp³-hybridized carbons (Fsp3) is 0.